The van der Waals surface area contributed by atoms with Crippen LogP contribution in [0.25, 0.3) is 0 Å². The first-order valence-corrected chi connectivity index (χ1v) is 8.24. The van der Waals surface area contributed by atoms with Gasteiger partial charge in [-0.15, -0.1) is 0 Å². The Bertz CT molecular complexity index is 971. The lowest BCUT2D eigenvalue weighted by Crippen LogP contribution is -2.22. The van der Waals surface area contributed by atoms with Crippen molar-refractivity contribution in [3.8, 4) is 11.5 Å². The molecular formula is C19H18N2O8. The lowest BCUT2D eigenvalue weighted by Gasteiger charge is -2.14. The summed E-state index contributed by atoms with van der Waals surface area (Å²) in [6.45, 7) is 0.975. The largest absolute Gasteiger partial charge is 0.493 e. The standard InChI is InChI=1S/C19H18N2O8/c1-11-4-6-13(21(25)26)8-14(11)20-16(23)10-29-19(24)17-12(9-22)5-7-15(27-2)18(17)28-3/h4-9H,10H2,1-3H3,(H,20,23). The first-order valence-electron chi connectivity index (χ1n) is 8.24. The third-order valence-electron chi connectivity index (χ3n) is 3.95. The number of hydrogen-bond acceptors (Lipinski definition) is 8. The van der Waals surface area contributed by atoms with Crippen LogP contribution in [0.4, 0.5) is 11.4 Å². The average molecular weight is 402 g/mol. The number of carbonyl (C=O) groups excluding carboxylic acids is 3. The number of nitrogens with zero attached hydrogens (tertiary/aromatic N) is 1. The van der Waals surface area contributed by atoms with E-state index < -0.39 is 23.4 Å². The summed E-state index contributed by atoms with van der Waals surface area (Å²) in [7, 11) is 2.66. The third-order valence-corrected chi connectivity index (χ3v) is 3.95. The first kappa shape index (κ1) is 21.4. The highest BCUT2D eigenvalue weighted by atomic mass is 16.6. The van der Waals surface area contributed by atoms with E-state index in [1.54, 1.807) is 6.92 Å². The monoisotopic (exact) mass is 402 g/mol. The van der Waals surface area contributed by atoms with Crippen molar-refractivity contribution in [1.29, 1.82) is 0 Å². The number of ether oxygens (including phenoxy) is 3. The van der Waals surface area contributed by atoms with Gasteiger partial charge in [-0.05, 0) is 24.6 Å². The van der Waals surface area contributed by atoms with E-state index in [2.05, 4.69) is 5.32 Å². The summed E-state index contributed by atoms with van der Waals surface area (Å²) in [5.41, 5.74) is 0.434. The summed E-state index contributed by atoms with van der Waals surface area (Å²) in [5.74, 6) is -1.47. The Kier molecular flexibility index (Phi) is 6.85. The molecule has 0 unspecified atom stereocenters. The first-order chi connectivity index (χ1) is 13.8. The molecule has 2 aromatic rings. The molecule has 0 saturated carbocycles. The molecule has 0 aliphatic carbocycles. The second kappa shape index (κ2) is 9.31. The van der Waals surface area contributed by atoms with E-state index in [4.69, 9.17) is 14.2 Å². The molecule has 0 heterocycles. The maximum absolute atomic E-state index is 12.5. The van der Waals surface area contributed by atoms with Crippen molar-refractivity contribution in [2.24, 2.45) is 0 Å². The van der Waals surface area contributed by atoms with Crippen LogP contribution in [0.15, 0.2) is 30.3 Å². The molecule has 1 N–H and O–H groups in total. The number of esters is 1. The van der Waals surface area contributed by atoms with E-state index >= 15 is 0 Å². The number of anilines is 1. The molecule has 0 spiro atoms. The molecule has 2 rings (SSSR count). The summed E-state index contributed by atoms with van der Waals surface area (Å²) >= 11 is 0. The summed E-state index contributed by atoms with van der Waals surface area (Å²) in [5, 5.41) is 13.3. The fraction of sp³-hybridized carbons (Fsp3) is 0.211. The van der Waals surface area contributed by atoms with Crippen LogP contribution in [0.2, 0.25) is 0 Å². The number of nitrogens with one attached hydrogen (secondary N) is 1. The van der Waals surface area contributed by atoms with Crippen LogP contribution in [0.1, 0.15) is 26.3 Å². The van der Waals surface area contributed by atoms with Gasteiger partial charge in [0, 0.05) is 17.7 Å². The number of rotatable bonds is 8. The van der Waals surface area contributed by atoms with Gasteiger partial charge in [-0.3, -0.25) is 19.7 Å². The van der Waals surface area contributed by atoms with Gasteiger partial charge in [0.1, 0.15) is 5.56 Å². The van der Waals surface area contributed by atoms with Gasteiger partial charge in [0.05, 0.1) is 24.8 Å². The number of nitro benzene ring substituents is 1. The van der Waals surface area contributed by atoms with Crippen LogP contribution in [-0.2, 0) is 9.53 Å². The predicted octanol–water partition coefficient (Wildman–Crippen LogP) is 2.53. The van der Waals surface area contributed by atoms with Gasteiger partial charge >= 0.3 is 5.97 Å². The van der Waals surface area contributed by atoms with Gasteiger partial charge in [-0.25, -0.2) is 4.79 Å². The van der Waals surface area contributed by atoms with E-state index in [0.29, 0.717) is 11.8 Å². The molecule has 0 saturated heterocycles. The number of amides is 1. The summed E-state index contributed by atoms with van der Waals surface area (Å²) in [6, 6.07) is 6.80. The second-order valence-electron chi connectivity index (χ2n) is 5.76. The van der Waals surface area contributed by atoms with Crippen molar-refractivity contribution < 1.29 is 33.5 Å². The van der Waals surface area contributed by atoms with Crippen molar-refractivity contribution in [2.45, 2.75) is 6.92 Å². The van der Waals surface area contributed by atoms with Crippen molar-refractivity contribution in [1.82, 2.24) is 0 Å². The predicted molar refractivity (Wildman–Crippen MR) is 102 cm³/mol. The second-order valence-corrected chi connectivity index (χ2v) is 5.76. The molecule has 0 atom stereocenters. The van der Waals surface area contributed by atoms with E-state index in [0.717, 1.165) is 0 Å². The summed E-state index contributed by atoms with van der Waals surface area (Å²) in [6.07, 6.45) is 0.449. The Morgan fingerprint density at radius 3 is 2.48 bits per heavy atom. The highest BCUT2D eigenvalue weighted by Gasteiger charge is 2.23. The number of aldehydes is 1. The Morgan fingerprint density at radius 2 is 1.90 bits per heavy atom. The molecule has 10 heteroatoms. The van der Waals surface area contributed by atoms with Crippen molar-refractivity contribution in [2.75, 3.05) is 26.1 Å². The molecule has 0 aliphatic heterocycles. The number of hydrogen-bond donors (Lipinski definition) is 1. The van der Waals surface area contributed by atoms with Crippen LogP contribution >= 0.6 is 0 Å². The van der Waals surface area contributed by atoms with Crippen LogP contribution in [0.5, 0.6) is 11.5 Å². The van der Waals surface area contributed by atoms with Crippen molar-refractivity contribution >= 4 is 29.5 Å². The van der Waals surface area contributed by atoms with Crippen LogP contribution in [0, 0.1) is 17.0 Å². The van der Waals surface area contributed by atoms with E-state index in [1.165, 1.54) is 44.6 Å². The van der Waals surface area contributed by atoms with Gasteiger partial charge in [0.25, 0.3) is 11.6 Å². The molecule has 0 fully saturated rings. The third kappa shape index (κ3) is 4.86. The minimum atomic E-state index is -0.964. The number of methoxy groups -OCH3 is 2. The molecular weight excluding hydrogens is 384 g/mol. The van der Waals surface area contributed by atoms with Gasteiger partial charge in [-0.1, -0.05) is 6.07 Å². The molecule has 0 aromatic heterocycles. The zero-order valence-corrected chi connectivity index (χ0v) is 15.9. The zero-order valence-electron chi connectivity index (χ0n) is 15.9. The van der Waals surface area contributed by atoms with Gasteiger partial charge < -0.3 is 19.5 Å². The zero-order chi connectivity index (χ0) is 21.6. The summed E-state index contributed by atoms with van der Waals surface area (Å²) in [4.78, 5) is 46.1. The van der Waals surface area contributed by atoms with E-state index in [9.17, 15) is 24.5 Å². The molecule has 10 nitrogen and oxygen atoms in total. The van der Waals surface area contributed by atoms with Crippen LogP contribution < -0.4 is 14.8 Å². The number of benzene rings is 2. The molecule has 0 aliphatic rings. The average Bonchev–Trinajstić information content (AvgIpc) is 2.72. The molecule has 1 amide bonds. The van der Waals surface area contributed by atoms with Gasteiger partial charge in [0.2, 0.25) is 0 Å². The summed E-state index contributed by atoms with van der Waals surface area (Å²) < 4.78 is 15.2. The molecule has 0 bridgehead atoms. The quantitative estimate of drug-likeness (QED) is 0.308. The fourth-order valence-electron chi connectivity index (χ4n) is 2.50. The Morgan fingerprint density at radius 1 is 1.17 bits per heavy atom. The molecule has 152 valence electrons. The lowest BCUT2D eigenvalue weighted by atomic mass is 10.1. The van der Waals surface area contributed by atoms with E-state index in [-0.39, 0.29) is 34.0 Å². The number of aryl methyl sites for hydroxylation is 1. The molecule has 29 heavy (non-hydrogen) atoms. The number of carbonyl (C=O) groups is 3. The van der Waals surface area contributed by atoms with Gasteiger partial charge in [-0.2, -0.15) is 0 Å². The molecule has 0 radical (unpaired) electrons. The number of non-ortho nitro benzene ring substituents is 1. The number of nitro groups is 1. The highest BCUT2D eigenvalue weighted by molar-refractivity contribution is 6.03. The smallest absolute Gasteiger partial charge is 0.343 e. The maximum Gasteiger partial charge on any atom is 0.343 e. The van der Waals surface area contributed by atoms with Crippen molar-refractivity contribution in [3.63, 3.8) is 0 Å². The highest BCUT2D eigenvalue weighted by Crippen LogP contribution is 2.33. The van der Waals surface area contributed by atoms with Crippen LogP contribution in [-0.4, -0.2) is 43.9 Å². The van der Waals surface area contributed by atoms with Crippen molar-refractivity contribution in [3.05, 3.63) is 57.1 Å². The normalized spacial score (nSPS) is 10.0. The van der Waals surface area contributed by atoms with Crippen LogP contribution in [0.3, 0.4) is 0 Å². The van der Waals surface area contributed by atoms with Gasteiger partial charge in [0.15, 0.2) is 24.4 Å². The Labute approximate surface area is 165 Å². The Balaban J connectivity index is 2.16. The maximum atomic E-state index is 12.5. The topological polar surface area (TPSA) is 134 Å². The molecule has 2 aromatic carbocycles. The minimum Gasteiger partial charge on any atom is -0.493 e. The van der Waals surface area contributed by atoms with E-state index in [1.807, 2.05) is 0 Å². The lowest BCUT2D eigenvalue weighted by molar-refractivity contribution is -0.384. The minimum absolute atomic E-state index is 0.00240. The SMILES string of the molecule is COc1ccc(C=O)c(C(=O)OCC(=O)Nc2cc([N+](=O)[O-])ccc2C)c1OC. The Hall–Kier alpha value is -3.95. The fourth-order valence-corrected chi connectivity index (χ4v) is 2.50.